The van der Waals surface area contributed by atoms with E-state index in [-0.39, 0.29) is 44.2 Å². The normalized spacial score (nSPS) is 12.0. The first kappa shape index (κ1) is 32.7. The zero-order chi connectivity index (χ0) is 30.2. The van der Waals surface area contributed by atoms with E-state index in [1.165, 1.54) is 9.21 Å². The summed E-state index contributed by atoms with van der Waals surface area (Å²) in [5.74, 6) is -0.635. The summed E-state index contributed by atoms with van der Waals surface area (Å²) in [6.45, 7) is 4.01. The largest absolute Gasteiger partial charge is 0.355 e. The molecule has 0 unspecified atom stereocenters. The molecule has 0 fully saturated rings. The second kappa shape index (κ2) is 14.9. The van der Waals surface area contributed by atoms with Gasteiger partial charge in [0, 0.05) is 53.1 Å². The molecule has 0 spiro atoms. The molecule has 1 atom stereocenters. The Balaban J connectivity index is 1.92. The van der Waals surface area contributed by atoms with Crippen LogP contribution in [0.25, 0.3) is 0 Å². The molecule has 0 radical (unpaired) electrons. The Kier molecular flexibility index (Phi) is 11.9. The molecule has 11 heteroatoms. The van der Waals surface area contributed by atoms with Gasteiger partial charge in [-0.3, -0.25) is 13.9 Å². The van der Waals surface area contributed by atoms with Crippen molar-refractivity contribution in [2.45, 2.75) is 45.7 Å². The summed E-state index contributed by atoms with van der Waals surface area (Å²) in [5.41, 5.74) is 2.49. The lowest BCUT2D eigenvalue weighted by Crippen LogP contribution is -2.50. The van der Waals surface area contributed by atoms with Gasteiger partial charge in [-0.25, -0.2) is 8.42 Å². The minimum absolute atomic E-state index is 0.00909. The van der Waals surface area contributed by atoms with Crippen LogP contribution in [0.1, 0.15) is 36.5 Å². The van der Waals surface area contributed by atoms with E-state index in [2.05, 4.69) is 5.32 Å². The maximum absolute atomic E-state index is 13.9. The van der Waals surface area contributed by atoms with Crippen molar-refractivity contribution in [1.82, 2.24) is 10.2 Å². The Labute approximate surface area is 257 Å². The van der Waals surface area contributed by atoms with Gasteiger partial charge in [0.1, 0.15) is 6.04 Å². The van der Waals surface area contributed by atoms with Gasteiger partial charge in [0.2, 0.25) is 21.8 Å². The van der Waals surface area contributed by atoms with Gasteiger partial charge in [-0.05, 0) is 55.7 Å². The molecule has 41 heavy (non-hydrogen) atoms. The SMILES string of the molecule is CCNC(=O)[C@@H](Cc1ccccc1)N(Cc1c(Cl)cccc1Cl)C(=O)CCCN(c1cccc(Cl)c1C)S(C)(=O)=O. The number of sulfonamides is 1. The topological polar surface area (TPSA) is 86.8 Å². The van der Waals surface area contributed by atoms with Crippen molar-refractivity contribution in [3.8, 4) is 0 Å². The van der Waals surface area contributed by atoms with Crippen LogP contribution in [-0.2, 0) is 32.6 Å². The maximum atomic E-state index is 13.9. The molecule has 1 N–H and O–H groups in total. The van der Waals surface area contributed by atoms with E-state index in [9.17, 15) is 18.0 Å². The minimum Gasteiger partial charge on any atom is -0.355 e. The van der Waals surface area contributed by atoms with Gasteiger partial charge in [-0.2, -0.15) is 0 Å². The molecule has 0 bridgehead atoms. The second-order valence-electron chi connectivity index (χ2n) is 9.64. The zero-order valence-corrected chi connectivity index (χ0v) is 26.3. The highest BCUT2D eigenvalue weighted by Gasteiger charge is 2.31. The molecule has 0 aliphatic heterocycles. The van der Waals surface area contributed by atoms with Crippen molar-refractivity contribution in [3.05, 3.63) is 98.5 Å². The Morgan fingerprint density at radius 3 is 2.12 bits per heavy atom. The lowest BCUT2D eigenvalue weighted by Gasteiger charge is -2.32. The summed E-state index contributed by atoms with van der Waals surface area (Å²) in [5, 5.41) is 4.05. The molecule has 0 aliphatic rings. The van der Waals surface area contributed by atoms with Gasteiger partial charge in [-0.15, -0.1) is 0 Å². The lowest BCUT2D eigenvalue weighted by atomic mass is 10.0. The highest BCUT2D eigenvalue weighted by Crippen LogP contribution is 2.30. The fourth-order valence-electron chi connectivity index (χ4n) is 4.55. The minimum atomic E-state index is -3.66. The number of rotatable bonds is 13. The van der Waals surface area contributed by atoms with E-state index >= 15 is 0 Å². The van der Waals surface area contributed by atoms with Crippen molar-refractivity contribution in [3.63, 3.8) is 0 Å². The molecule has 220 valence electrons. The molecule has 0 saturated carbocycles. The molecular weight excluding hydrogens is 605 g/mol. The van der Waals surface area contributed by atoms with Crippen LogP contribution in [0.4, 0.5) is 5.69 Å². The summed E-state index contributed by atoms with van der Waals surface area (Å²) in [6.07, 6.45) is 1.58. The Morgan fingerprint density at radius 1 is 0.902 bits per heavy atom. The van der Waals surface area contributed by atoms with Crippen molar-refractivity contribution in [2.24, 2.45) is 0 Å². The predicted molar refractivity (Wildman–Crippen MR) is 167 cm³/mol. The van der Waals surface area contributed by atoms with Gasteiger partial charge in [0.25, 0.3) is 0 Å². The van der Waals surface area contributed by atoms with Crippen LogP contribution in [0.15, 0.2) is 66.7 Å². The number of halogens is 3. The molecular formula is C30H34Cl3N3O4S. The smallest absolute Gasteiger partial charge is 0.243 e. The Bertz CT molecular complexity index is 1450. The van der Waals surface area contributed by atoms with Crippen LogP contribution in [0.5, 0.6) is 0 Å². The van der Waals surface area contributed by atoms with E-state index in [4.69, 9.17) is 34.8 Å². The van der Waals surface area contributed by atoms with E-state index < -0.39 is 16.1 Å². The van der Waals surface area contributed by atoms with E-state index in [1.54, 1.807) is 43.3 Å². The summed E-state index contributed by atoms with van der Waals surface area (Å²) in [7, 11) is -3.66. The van der Waals surface area contributed by atoms with Gasteiger partial charge < -0.3 is 10.2 Å². The first-order valence-corrected chi connectivity index (χ1v) is 16.2. The van der Waals surface area contributed by atoms with Crippen LogP contribution in [-0.4, -0.2) is 50.5 Å². The molecule has 0 saturated heterocycles. The van der Waals surface area contributed by atoms with Crippen LogP contribution in [0.3, 0.4) is 0 Å². The third kappa shape index (κ3) is 8.85. The first-order chi connectivity index (χ1) is 19.4. The van der Waals surface area contributed by atoms with Crippen molar-refractivity contribution >= 4 is 62.3 Å². The van der Waals surface area contributed by atoms with Gasteiger partial charge in [0.05, 0.1) is 11.9 Å². The van der Waals surface area contributed by atoms with Crippen LogP contribution in [0.2, 0.25) is 15.1 Å². The van der Waals surface area contributed by atoms with Gasteiger partial charge in [0.15, 0.2) is 0 Å². The van der Waals surface area contributed by atoms with E-state index in [0.717, 1.165) is 11.8 Å². The standard InChI is InChI=1S/C30H34Cl3N3O4S/c1-4-34-30(38)28(19-22-11-6-5-7-12-22)35(20-23-25(32)14-8-15-26(23)33)29(37)17-10-18-36(41(3,39)40)27-16-9-13-24(31)21(27)2/h5-9,11-16,28H,4,10,17-20H2,1-3H3,(H,34,38)/t28-/m1/s1. The van der Waals surface area contributed by atoms with Crippen molar-refractivity contribution in [1.29, 1.82) is 0 Å². The molecule has 3 aromatic rings. The number of benzene rings is 3. The average molecular weight is 639 g/mol. The Morgan fingerprint density at radius 2 is 1.51 bits per heavy atom. The quantitative estimate of drug-likeness (QED) is 0.239. The molecule has 2 amide bonds. The molecule has 0 heterocycles. The molecule has 7 nitrogen and oxygen atoms in total. The maximum Gasteiger partial charge on any atom is 0.243 e. The predicted octanol–water partition coefficient (Wildman–Crippen LogP) is 6.28. The monoisotopic (exact) mass is 637 g/mol. The zero-order valence-electron chi connectivity index (χ0n) is 23.2. The van der Waals surface area contributed by atoms with E-state index in [1.807, 2.05) is 37.3 Å². The summed E-state index contributed by atoms with van der Waals surface area (Å²) in [6, 6.07) is 18.7. The second-order valence-corrected chi connectivity index (χ2v) is 12.8. The molecule has 0 aliphatic carbocycles. The number of nitrogens with one attached hydrogen (secondary N) is 1. The third-order valence-corrected chi connectivity index (χ3v) is 8.97. The Hall–Kier alpha value is -2.78. The number of likely N-dealkylation sites (N-methyl/N-ethyl adjacent to an activating group) is 1. The van der Waals surface area contributed by atoms with Gasteiger partial charge in [-0.1, -0.05) is 77.3 Å². The number of hydrogen-bond acceptors (Lipinski definition) is 4. The third-order valence-electron chi connectivity index (χ3n) is 6.67. The van der Waals surface area contributed by atoms with Crippen LogP contribution < -0.4 is 9.62 Å². The number of nitrogens with zero attached hydrogens (tertiary/aromatic N) is 2. The molecule has 0 aromatic heterocycles. The van der Waals surface area contributed by atoms with Gasteiger partial charge >= 0.3 is 0 Å². The van der Waals surface area contributed by atoms with Crippen LogP contribution >= 0.6 is 34.8 Å². The number of carbonyl (C=O) groups excluding carboxylic acids is 2. The number of hydrogen-bond donors (Lipinski definition) is 1. The van der Waals surface area contributed by atoms with E-state index in [0.29, 0.717) is 38.4 Å². The highest BCUT2D eigenvalue weighted by molar-refractivity contribution is 7.92. The summed E-state index contributed by atoms with van der Waals surface area (Å²) >= 11 is 19.2. The fourth-order valence-corrected chi connectivity index (χ4v) is 6.25. The summed E-state index contributed by atoms with van der Waals surface area (Å²) < 4.78 is 26.7. The first-order valence-electron chi connectivity index (χ1n) is 13.2. The molecule has 3 rings (SSSR count). The van der Waals surface area contributed by atoms with Crippen molar-refractivity contribution in [2.75, 3.05) is 23.7 Å². The average Bonchev–Trinajstić information content (AvgIpc) is 2.92. The number of carbonyl (C=O) groups is 2. The lowest BCUT2D eigenvalue weighted by molar-refractivity contribution is -0.141. The summed E-state index contributed by atoms with van der Waals surface area (Å²) in [4.78, 5) is 28.7. The van der Waals surface area contributed by atoms with Crippen molar-refractivity contribution < 1.29 is 18.0 Å². The number of amides is 2. The van der Waals surface area contributed by atoms with Crippen LogP contribution in [0, 0.1) is 6.92 Å². The number of anilines is 1. The fraction of sp³-hybridized carbons (Fsp3) is 0.333. The molecule has 3 aromatic carbocycles. The highest BCUT2D eigenvalue weighted by atomic mass is 35.5.